The van der Waals surface area contributed by atoms with Crippen LogP contribution in [0.15, 0.2) is 12.4 Å². The van der Waals surface area contributed by atoms with Crippen LogP contribution in [0.2, 0.25) is 0 Å². The number of carboxylic acids is 1. The molecule has 0 saturated carbocycles. The minimum Gasteiger partial charge on any atom is -0.480 e. The van der Waals surface area contributed by atoms with Crippen LogP contribution in [0.1, 0.15) is 26.2 Å². The van der Waals surface area contributed by atoms with Crippen LogP contribution < -0.4 is 10.2 Å². The van der Waals surface area contributed by atoms with Gasteiger partial charge in [0.2, 0.25) is 0 Å². The first kappa shape index (κ1) is 12.6. The van der Waals surface area contributed by atoms with Crippen LogP contribution in [0.3, 0.4) is 0 Å². The van der Waals surface area contributed by atoms with Gasteiger partial charge in [-0.2, -0.15) is 0 Å². The van der Waals surface area contributed by atoms with Crippen LogP contribution in [0.25, 0.3) is 0 Å². The maximum absolute atomic E-state index is 10.8. The quantitative estimate of drug-likeness (QED) is 0.840. The molecule has 18 heavy (non-hydrogen) atoms. The van der Waals surface area contributed by atoms with Crippen LogP contribution in [0, 0.1) is 0 Å². The van der Waals surface area contributed by atoms with Gasteiger partial charge in [-0.1, -0.05) is 0 Å². The third-order valence-corrected chi connectivity index (χ3v) is 3.07. The molecule has 0 amide bonds. The van der Waals surface area contributed by atoms with Gasteiger partial charge in [0, 0.05) is 19.2 Å². The Kier molecular flexibility index (Phi) is 3.96. The van der Waals surface area contributed by atoms with Crippen molar-refractivity contribution >= 4 is 17.6 Å². The van der Waals surface area contributed by atoms with E-state index in [1.807, 2.05) is 6.07 Å². The molecular formula is C12H18N4O2. The van der Waals surface area contributed by atoms with E-state index in [0.29, 0.717) is 5.82 Å². The van der Waals surface area contributed by atoms with Gasteiger partial charge in [-0.05, 0) is 26.2 Å². The van der Waals surface area contributed by atoms with E-state index in [1.54, 1.807) is 6.92 Å². The molecule has 98 valence electrons. The van der Waals surface area contributed by atoms with Gasteiger partial charge in [-0.3, -0.25) is 4.79 Å². The summed E-state index contributed by atoms with van der Waals surface area (Å²) in [4.78, 5) is 21.3. The molecule has 0 bridgehead atoms. The van der Waals surface area contributed by atoms with Crippen LogP contribution in [-0.4, -0.2) is 40.2 Å². The lowest BCUT2D eigenvalue weighted by molar-refractivity contribution is -0.137. The van der Waals surface area contributed by atoms with Gasteiger partial charge in [0.15, 0.2) is 0 Å². The summed E-state index contributed by atoms with van der Waals surface area (Å²) in [6.45, 7) is 3.60. The van der Waals surface area contributed by atoms with Crippen molar-refractivity contribution in [1.82, 2.24) is 9.97 Å². The summed E-state index contributed by atoms with van der Waals surface area (Å²) in [5.74, 6) is 0.526. The first-order valence-electron chi connectivity index (χ1n) is 6.23. The fourth-order valence-corrected chi connectivity index (χ4v) is 2.01. The van der Waals surface area contributed by atoms with Crippen molar-refractivity contribution in [2.45, 2.75) is 32.2 Å². The Hall–Kier alpha value is -1.85. The smallest absolute Gasteiger partial charge is 0.325 e. The molecular weight excluding hydrogens is 232 g/mol. The Bertz CT molecular complexity index is 418. The van der Waals surface area contributed by atoms with Crippen molar-refractivity contribution in [1.29, 1.82) is 0 Å². The van der Waals surface area contributed by atoms with Crippen LogP contribution in [0.5, 0.6) is 0 Å². The van der Waals surface area contributed by atoms with Gasteiger partial charge in [0.1, 0.15) is 24.0 Å². The molecule has 1 aliphatic rings. The molecule has 2 N–H and O–H groups in total. The van der Waals surface area contributed by atoms with Gasteiger partial charge in [-0.25, -0.2) is 9.97 Å². The molecule has 1 aromatic rings. The summed E-state index contributed by atoms with van der Waals surface area (Å²) in [7, 11) is 0. The summed E-state index contributed by atoms with van der Waals surface area (Å²) in [6, 6.07) is 1.15. The second kappa shape index (κ2) is 5.66. The number of rotatable bonds is 4. The van der Waals surface area contributed by atoms with E-state index in [9.17, 15) is 4.79 Å². The normalized spacial score (nSPS) is 17.3. The number of nitrogens with one attached hydrogen (secondary N) is 1. The second-order valence-corrected chi connectivity index (χ2v) is 4.51. The van der Waals surface area contributed by atoms with E-state index in [0.717, 1.165) is 18.9 Å². The third kappa shape index (κ3) is 3.09. The average molecular weight is 250 g/mol. The van der Waals surface area contributed by atoms with Gasteiger partial charge >= 0.3 is 5.97 Å². The number of aromatic nitrogens is 2. The van der Waals surface area contributed by atoms with Crippen molar-refractivity contribution in [2.75, 3.05) is 23.3 Å². The number of anilines is 2. The fourth-order valence-electron chi connectivity index (χ4n) is 2.01. The number of hydrogen-bond acceptors (Lipinski definition) is 5. The predicted octanol–water partition coefficient (Wildman–Crippen LogP) is 1.35. The summed E-state index contributed by atoms with van der Waals surface area (Å²) < 4.78 is 0. The van der Waals surface area contributed by atoms with Crippen molar-refractivity contribution in [2.24, 2.45) is 0 Å². The lowest BCUT2D eigenvalue weighted by Gasteiger charge is -2.27. The van der Waals surface area contributed by atoms with Crippen molar-refractivity contribution in [3.63, 3.8) is 0 Å². The average Bonchev–Trinajstić information content (AvgIpc) is 2.40. The molecule has 1 saturated heterocycles. The fraction of sp³-hybridized carbons (Fsp3) is 0.583. The molecule has 1 aliphatic heterocycles. The SMILES string of the molecule is CC(Nc1cc(N2CCCCC2)ncn1)C(=O)O. The van der Waals surface area contributed by atoms with Crippen molar-refractivity contribution in [3.05, 3.63) is 12.4 Å². The molecule has 1 fully saturated rings. The van der Waals surface area contributed by atoms with Gasteiger partial charge in [-0.15, -0.1) is 0 Å². The number of hydrogen-bond donors (Lipinski definition) is 2. The summed E-state index contributed by atoms with van der Waals surface area (Å²) >= 11 is 0. The van der Waals surface area contributed by atoms with Crippen LogP contribution in [0.4, 0.5) is 11.6 Å². The second-order valence-electron chi connectivity index (χ2n) is 4.51. The highest BCUT2D eigenvalue weighted by Crippen LogP contribution is 2.19. The van der Waals surface area contributed by atoms with E-state index < -0.39 is 12.0 Å². The number of nitrogens with zero attached hydrogens (tertiary/aromatic N) is 3. The summed E-state index contributed by atoms with van der Waals surface area (Å²) in [5.41, 5.74) is 0. The number of carbonyl (C=O) groups is 1. The maximum atomic E-state index is 10.8. The Labute approximate surface area is 106 Å². The van der Waals surface area contributed by atoms with Gasteiger partial charge in [0.05, 0.1) is 0 Å². The number of carboxylic acid groups (broad SMARTS) is 1. The molecule has 1 atom stereocenters. The monoisotopic (exact) mass is 250 g/mol. The predicted molar refractivity (Wildman–Crippen MR) is 68.8 cm³/mol. The zero-order valence-electron chi connectivity index (χ0n) is 10.5. The Morgan fingerprint density at radius 1 is 1.39 bits per heavy atom. The molecule has 1 aromatic heterocycles. The Morgan fingerprint density at radius 2 is 2.11 bits per heavy atom. The molecule has 0 aliphatic carbocycles. The lowest BCUT2D eigenvalue weighted by atomic mass is 10.1. The van der Waals surface area contributed by atoms with E-state index in [1.165, 1.54) is 25.6 Å². The minimum absolute atomic E-state index is 0.556. The standard InChI is InChI=1S/C12H18N4O2/c1-9(12(17)18)15-10-7-11(14-8-13-10)16-5-3-2-4-6-16/h7-9H,2-6H2,1H3,(H,17,18)(H,13,14,15). The zero-order valence-corrected chi connectivity index (χ0v) is 10.5. The van der Waals surface area contributed by atoms with Crippen LogP contribution >= 0.6 is 0 Å². The Morgan fingerprint density at radius 3 is 2.78 bits per heavy atom. The highest BCUT2D eigenvalue weighted by molar-refractivity contribution is 5.76. The minimum atomic E-state index is -0.895. The highest BCUT2D eigenvalue weighted by atomic mass is 16.4. The van der Waals surface area contributed by atoms with Gasteiger partial charge < -0.3 is 15.3 Å². The number of aliphatic carboxylic acids is 1. The van der Waals surface area contributed by atoms with E-state index in [-0.39, 0.29) is 0 Å². The highest BCUT2D eigenvalue weighted by Gasteiger charge is 2.15. The Balaban J connectivity index is 2.06. The van der Waals surface area contributed by atoms with Gasteiger partial charge in [0.25, 0.3) is 0 Å². The van der Waals surface area contributed by atoms with E-state index in [4.69, 9.17) is 5.11 Å². The first-order chi connectivity index (χ1) is 8.66. The molecule has 1 unspecified atom stereocenters. The van der Waals surface area contributed by atoms with Crippen molar-refractivity contribution < 1.29 is 9.90 Å². The first-order valence-corrected chi connectivity index (χ1v) is 6.23. The molecule has 6 heteroatoms. The molecule has 6 nitrogen and oxygen atoms in total. The third-order valence-electron chi connectivity index (χ3n) is 3.07. The zero-order chi connectivity index (χ0) is 13.0. The molecule has 0 spiro atoms. The summed E-state index contributed by atoms with van der Waals surface area (Å²) in [6.07, 6.45) is 5.10. The van der Waals surface area contributed by atoms with Crippen LogP contribution in [-0.2, 0) is 4.79 Å². The molecule has 0 aromatic carbocycles. The molecule has 0 radical (unpaired) electrons. The number of piperidine rings is 1. The largest absolute Gasteiger partial charge is 0.480 e. The van der Waals surface area contributed by atoms with E-state index in [2.05, 4.69) is 20.2 Å². The maximum Gasteiger partial charge on any atom is 0.325 e. The molecule has 2 heterocycles. The summed E-state index contributed by atoms with van der Waals surface area (Å²) in [5, 5.41) is 11.7. The van der Waals surface area contributed by atoms with Crippen molar-refractivity contribution in [3.8, 4) is 0 Å². The molecule has 2 rings (SSSR count). The lowest BCUT2D eigenvalue weighted by Crippen LogP contribution is -2.30. The topological polar surface area (TPSA) is 78.3 Å². The van der Waals surface area contributed by atoms with E-state index >= 15 is 0 Å².